The molecule has 2 aliphatic rings. The van der Waals surface area contributed by atoms with E-state index in [1.807, 2.05) is 0 Å². The normalized spacial score (nSPS) is 15.5. The quantitative estimate of drug-likeness (QED) is 0.407. The van der Waals surface area contributed by atoms with E-state index in [0.29, 0.717) is 36.0 Å². The highest BCUT2D eigenvalue weighted by Crippen LogP contribution is 2.35. The van der Waals surface area contributed by atoms with Crippen LogP contribution in [0.3, 0.4) is 0 Å². The van der Waals surface area contributed by atoms with Gasteiger partial charge in [0, 0.05) is 31.0 Å². The third-order valence-electron chi connectivity index (χ3n) is 4.87. The third kappa shape index (κ3) is 3.92. The van der Waals surface area contributed by atoms with Crippen molar-refractivity contribution in [2.24, 2.45) is 0 Å². The maximum absolute atomic E-state index is 13.0. The van der Waals surface area contributed by atoms with E-state index in [4.69, 9.17) is 14.2 Å². The Kier molecular flexibility index (Phi) is 5.54. The summed E-state index contributed by atoms with van der Waals surface area (Å²) in [5.41, 5.74) is 1.02. The average molecular weight is 425 g/mol. The smallest absolute Gasteiger partial charge is 0.278 e. The number of nitro benzene ring substituents is 1. The summed E-state index contributed by atoms with van der Waals surface area (Å²) in [6.45, 7) is 1.13. The van der Waals surface area contributed by atoms with E-state index in [9.17, 15) is 19.7 Å². The molecule has 1 N–H and O–H groups in total. The van der Waals surface area contributed by atoms with E-state index in [2.05, 4.69) is 5.32 Å². The fourth-order valence-electron chi connectivity index (χ4n) is 3.36. The molecular weight excluding hydrogens is 406 g/mol. The third-order valence-corrected chi connectivity index (χ3v) is 4.87. The second-order valence-corrected chi connectivity index (χ2v) is 6.79. The van der Waals surface area contributed by atoms with Gasteiger partial charge in [-0.25, -0.2) is 0 Å². The zero-order valence-electron chi connectivity index (χ0n) is 16.6. The van der Waals surface area contributed by atoms with E-state index in [1.165, 1.54) is 31.4 Å². The highest BCUT2D eigenvalue weighted by Gasteiger charge is 2.39. The van der Waals surface area contributed by atoms with Crippen molar-refractivity contribution in [2.75, 3.05) is 38.8 Å². The van der Waals surface area contributed by atoms with Crippen LogP contribution in [-0.4, -0.2) is 55.1 Å². The van der Waals surface area contributed by atoms with Gasteiger partial charge in [-0.2, -0.15) is 0 Å². The molecule has 2 heterocycles. The Morgan fingerprint density at radius 1 is 1.06 bits per heavy atom. The minimum absolute atomic E-state index is 0.0756. The molecule has 0 aliphatic carbocycles. The summed E-state index contributed by atoms with van der Waals surface area (Å²) in [5.74, 6) is 0.111. The van der Waals surface area contributed by atoms with Crippen LogP contribution < -0.4 is 14.8 Å². The molecule has 0 spiro atoms. The first-order valence-electron chi connectivity index (χ1n) is 9.50. The molecule has 2 amide bonds. The van der Waals surface area contributed by atoms with E-state index < -0.39 is 16.7 Å². The summed E-state index contributed by atoms with van der Waals surface area (Å²) < 4.78 is 16.1. The first-order chi connectivity index (χ1) is 15.0. The van der Waals surface area contributed by atoms with Gasteiger partial charge in [0.25, 0.3) is 17.5 Å². The van der Waals surface area contributed by atoms with E-state index in [-0.39, 0.29) is 30.1 Å². The Labute approximate surface area is 177 Å². The van der Waals surface area contributed by atoms with Gasteiger partial charge in [0.15, 0.2) is 11.5 Å². The van der Waals surface area contributed by atoms with Gasteiger partial charge in [0.1, 0.15) is 18.9 Å². The van der Waals surface area contributed by atoms with E-state index >= 15 is 0 Å². The van der Waals surface area contributed by atoms with Crippen molar-refractivity contribution < 1.29 is 28.7 Å². The van der Waals surface area contributed by atoms with Crippen LogP contribution in [0.25, 0.3) is 5.57 Å². The molecule has 0 saturated heterocycles. The molecule has 10 heteroatoms. The number of carbonyl (C=O) groups is 2. The van der Waals surface area contributed by atoms with Crippen LogP contribution in [0.15, 0.2) is 48.2 Å². The number of carbonyl (C=O) groups excluding carboxylic acids is 2. The lowest BCUT2D eigenvalue weighted by Crippen LogP contribution is -2.35. The molecule has 2 aromatic rings. The molecule has 2 aromatic carbocycles. The van der Waals surface area contributed by atoms with Crippen molar-refractivity contribution in [3.63, 3.8) is 0 Å². The van der Waals surface area contributed by atoms with Crippen LogP contribution in [0, 0.1) is 10.1 Å². The Morgan fingerprint density at radius 3 is 2.45 bits per heavy atom. The number of imide groups is 1. The maximum atomic E-state index is 13.0. The first-order valence-corrected chi connectivity index (χ1v) is 9.50. The van der Waals surface area contributed by atoms with E-state index in [0.717, 1.165) is 4.90 Å². The van der Waals surface area contributed by atoms with Crippen LogP contribution >= 0.6 is 0 Å². The molecule has 4 rings (SSSR count). The predicted octanol–water partition coefficient (Wildman–Crippen LogP) is 2.20. The number of anilines is 1. The Hall–Kier alpha value is -3.92. The number of methoxy groups -OCH3 is 1. The maximum Gasteiger partial charge on any atom is 0.278 e. The Morgan fingerprint density at radius 2 is 1.77 bits per heavy atom. The van der Waals surface area contributed by atoms with Crippen LogP contribution in [0.5, 0.6) is 11.5 Å². The average Bonchev–Trinajstić information content (AvgIpc) is 3.01. The lowest BCUT2D eigenvalue weighted by atomic mass is 10.0. The van der Waals surface area contributed by atoms with Gasteiger partial charge in [-0.1, -0.05) is 0 Å². The number of non-ortho nitro benzene ring substituents is 1. The summed E-state index contributed by atoms with van der Waals surface area (Å²) in [6.07, 6.45) is 0. The lowest BCUT2D eigenvalue weighted by molar-refractivity contribution is -0.384. The van der Waals surface area contributed by atoms with Gasteiger partial charge in [-0.05, 0) is 29.8 Å². The number of benzene rings is 2. The second kappa shape index (κ2) is 8.44. The van der Waals surface area contributed by atoms with Crippen molar-refractivity contribution in [1.82, 2.24) is 4.90 Å². The molecule has 0 radical (unpaired) electrons. The largest absolute Gasteiger partial charge is 0.486 e. The predicted molar refractivity (Wildman–Crippen MR) is 110 cm³/mol. The molecule has 10 nitrogen and oxygen atoms in total. The first kappa shape index (κ1) is 20.4. The minimum Gasteiger partial charge on any atom is -0.486 e. The molecule has 31 heavy (non-hydrogen) atoms. The van der Waals surface area contributed by atoms with Gasteiger partial charge in [-0.3, -0.25) is 24.6 Å². The highest BCUT2D eigenvalue weighted by molar-refractivity contribution is 6.36. The minimum atomic E-state index is -0.529. The summed E-state index contributed by atoms with van der Waals surface area (Å²) in [7, 11) is 1.48. The van der Waals surface area contributed by atoms with Crippen molar-refractivity contribution in [1.29, 1.82) is 0 Å². The molecule has 2 aliphatic heterocycles. The second-order valence-electron chi connectivity index (χ2n) is 6.79. The number of nitrogens with one attached hydrogen (secondary N) is 1. The number of amides is 2. The fourth-order valence-corrected chi connectivity index (χ4v) is 3.36. The Balaban J connectivity index is 1.72. The number of fused-ring (bicyclic) bond motifs is 1. The lowest BCUT2D eigenvalue weighted by Gasteiger charge is -2.19. The van der Waals surface area contributed by atoms with Crippen molar-refractivity contribution in [2.45, 2.75) is 0 Å². The number of hydrogen-bond donors (Lipinski definition) is 1. The van der Waals surface area contributed by atoms with Gasteiger partial charge >= 0.3 is 0 Å². The summed E-state index contributed by atoms with van der Waals surface area (Å²) in [4.78, 5) is 37.6. The summed E-state index contributed by atoms with van der Waals surface area (Å²) >= 11 is 0. The Bertz CT molecular complexity index is 1080. The molecule has 0 fully saturated rings. The van der Waals surface area contributed by atoms with E-state index in [1.54, 1.807) is 18.2 Å². The number of nitro groups is 1. The van der Waals surface area contributed by atoms with Gasteiger partial charge in [0.2, 0.25) is 0 Å². The molecule has 0 bridgehead atoms. The number of nitrogens with zero attached hydrogens (tertiary/aromatic N) is 2. The molecule has 0 atom stereocenters. The van der Waals surface area contributed by atoms with Gasteiger partial charge in [0.05, 0.1) is 23.6 Å². The van der Waals surface area contributed by atoms with Crippen LogP contribution in [0.2, 0.25) is 0 Å². The highest BCUT2D eigenvalue weighted by atomic mass is 16.6. The van der Waals surface area contributed by atoms with Crippen molar-refractivity contribution in [3.05, 3.63) is 63.8 Å². The number of rotatable bonds is 7. The monoisotopic (exact) mass is 425 g/mol. The van der Waals surface area contributed by atoms with Crippen LogP contribution in [-0.2, 0) is 14.3 Å². The van der Waals surface area contributed by atoms with Crippen molar-refractivity contribution in [3.8, 4) is 11.5 Å². The fraction of sp³-hybridized carbons (Fsp3) is 0.238. The number of ether oxygens (including phenoxy) is 3. The van der Waals surface area contributed by atoms with Crippen LogP contribution in [0.1, 0.15) is 5.56 Å². The number of hydrogen-bond acceptors (Lipinski definition) is 8. The summed E-state index contributed by atoms with van der Waals surface area (Å²) in [6, 6.07) is 10.6. The molecular formula is C21H19N3O7. The zero-order valence-corrected chi connectivity index (χ0v) is 16.6. The molecule has 0 unspecified atom stereocenters. The molecule has 0 saturated carbocycles. The molecule has 160 valence electrons. The van der Waals surface area contributed by atoms with Crippen molar-refractivity contribution >= 4 is 28.8 Å². The summed E-state index contributed by atoms with van der Waals surface area (Å²) in [5, 5.41) is 14.0. The van der Waals surface area contributed by atoms with Gasteiger partial charge in [-0.15, -0.1) is 0 Å². The topological polar surface area (TPSA) is 120 Å². The standard InChI is InChI=1S/C21H19N3O7/c1-29-9-8-23-20(25)18(13-2-5-15(6-3-13)24(27)28)19(21(23)26)22-14-4-7-16-17(12-14)31-11-10-30-16/h2-7,12,22H,8-11H2,1H3. The molecule has 0 aromatic heterocycles. The van der Waals surface area contributed by atoms with Gasteiger partial charge < -0.3 is 19.5 Å². The zero-order chi connectivity index (χ0) is 22.0. The SMILES string of the molecule is COCCN1C(=O)C(Nc2ccc3c(c2)OCCO3)=C(c2ccc([N+](=O)[O-])cc2)C1=O. The van der Waals surface area contributed by atoms with Crippen LogP contribution in [0.4, 0.5) is 11.4 Å².